The van der Waals surface area contributed by atoms with Gasteiger partial charge in [0, 0.05) is 17.6 Å². The number of nitrogens with one attached hydrogen (secondary N) is 1. The third-order valence-corrected chi connectivity index (χ3v) is 5.54. The third kappa shape index (κ3) is 4.37. The number of ketones is 1. The normalized spacial score (nSPS) is 11.6. The van der Waals surface area contributed by atoms with Gasteiger partial charge in [0.25, 0.3) is 0 Å². The van der Waals surface area contributed by atoms with Gasteiger partial charge in [0.15, 0.2) is 16.0 Å². The van der Waals surface area contributed by atoms with Crippen molar-refractivity contribution in [3.8, 4) is 6.07 Å². The number of thioether (sulfide) groups is 1. The Hall–Kier alpha value is -1.76. The summed E-state index contributed by atoms with van der Waals surface area (Å²) in [7, 11) is 0. The second-order valence-corrected chi connectivity index (χ2v) is 7.28. The fourth-order valence-electron chi connectivity index (χ4n) is 1.48. The molecule has 1 N–H and O–H groups in total. The first kappa shape index (κ1) is 16.6. The molecule has 2 aromatic heterocycles. The van der Waals surface area contributed by atoms with Crippen molar-refractivity contribution >= 4 is 45.4 Å². The van der Waals surface area contributed by atoms with Gasteiger partial charge in [-0.25, -0.2) is 4.98 Å². The SMILES string of the molecule is C=CCNc1nnc(SCC(=O)[C@@H](C#N)c2nc(C)cs2)s1. The molecule has 9 heteroatoms. The minimum absolute atomic E-state index is 0.169. The fourth-order valence-corrected chi connectivity index (χ4v) is 4.01. The number of hydrogen-bond donors (Lipinski definition) is 1. The van der Waals surface area contributed by atoms with E-state index in [-0.39, 0.29) is 11.5 Å². The molecule has 1 atom stereocenters. The van der Waals surface area contributed by atoms with Crippen LogP contribution in [0, 0.1) is 18.3 Å². The first-order chi connectivity index (χ1) is 10.6. The Kier molecular flexibility index (Phi) is 6.06. The molecule has 114 valence electrons. The van der Waals surface area contributed by atoms with Crippen LogP contribution in [0.1, 0.15) is 16.6 Å². The highest BCUT2D eigenvalue weighted by molar-refractivity contribution is 8.01. The van der Waals surface area contributed by atoms with Gasteiger partial charge in [-0.15, -0.1) is 28.1 Å². The number of carbonyl (C=O) groups is 1. The third-order valence-electron chi connectivity index (χ3n) is 2.48. The topological polar surface area (TPSA) is 91.6 Å². The average Bonchev–Trinajstić information content (AvgIpc) is 3.13. The van der Waals surface area contributed by atoms with Gasteiger partial charge in [-0.05, 0) is 6.92 Å². The molecule has 0 bridgehead atoms. The maximum atomic E-state index is 12.2. The fraction of sp³-hybridized carbons (Fsp3) is 0.308. The monoisotopic (exact) mass is 351 g/mol. The molecule has 22 heavy (non-hydrogen) atoms. The molecular formula is C13H13N5OS3. The van der Waals surface area contributed by atoms with Crippen LogP contribution < -0.4 is 5.32 Å². The summed E-state index contributed by atoms with van der Waals surface area (Å²) in [5, 5.41) is 23.3. The molecule has 0 aliphatic heterocycles. The zero-order chi connectivity index (χ0) is 15.9. The van der Waals surface area contributed by atoms with E-state index in [0.29, 0.717) is 21.0 Å². The Balaban J connectivity index is 1.92. The van der Waals surface area contributed by atoms with Gasteiger partial charge in [0.1, 0.15) is 5.01 Å². The molecule has 0 saturated heterocycles. The lowest BCUT2D eigenvalue weighted by Gasteiger charge is -2.03. The van der Waals surface area contributed by atoms with Crippen molar-refractivity contribution in [1.29, 1.82) is 5.26 Å². The van der Waals surface area contributed by atoms with E-state index in [1.165, 1.54) is 34.4 Å². The van der Waals surface area contributed by atoms with Gasteiger partial charge in [0.2, 0.25) is 5.13 Å². The Morgan fingerprint density at radius 3 is 3.09 bits per heavy atom. The van der Waals surface area contributed by atoms with Crippen LogP contribution in [0.3, 0.4) is 0 Å². The van der Waals surface area contributed by atoms with Crippen LogP contribution in [0.15, 0.2) is 22.4 Å². The first-order valence-electron chi connectivity index (χ1n) is 6.29. The summed E-state index contributed by atoms with van der Waals surface area (Å²) in [6.07, 6.45) is 1.73. The minimum Gasteiger partial charge on any atom is -0.357 e. The molecule has 0 amide bonds. The summed E-state index contributed by atoms with van der Waals surface area (Å²) in [4.78, 5) is 16.4. The lowest BCUT2D eigenvalue weighted by molar-refractivity contribution is -0.116. The predicted octanol–water partition coefficient (Wildman–Crippen LogP) is 2.87. The minimum atomic E-state index is -0.808. The van der Waals surface area contributed by atoms with E-state index in [1.807, 2.05) is 18.4 Å². The highest BCUT2D eigenvalue weighted by atomic mass is 32.2. The van der Waals surface area contributed by atoms with Crippen LogP contribution in [-0.4, -0.2) is 33.3 Å². The number of aryl methyl sites for hydroxylation is 1. The van der Waals surface area contributed by atoms with Gasteiger partial charge in [0.05, 0.1) is 11.8 Å². The highest BCUT2D eigenvalue weighted by Crippen LogP contribution is 2.28. The maximum Gasteiger partial charge on any atom is 0.206 e. The lowest BCUT2D eigenvalue weighted by atomic mass is 10.1. The molecule has 0 aromatic carbocycles. The summed E-state index contributed by atoms with van der Waals surface area (Å²) < 4.78 is 0.687. The molecule has 0 saturated carbocycles. The van der Waals surface area contributed by atoms with Crippen LogP contribution in [0.5, 0.6) is 0 Å². The van der Waals surface area contributed by atoms with E-state index >= 15 is 0 Å². The van der Waals surface area contributed by atoms with Crippen LogP contribution in [0.4, 0.5) is 5.13 Å². The van der Waals surface area contributed by atoms with Crippen LogP contribution >= 0.6 is 34.4 Å². The van der Waals surface area contributed by atoms with E-state index in [4.69, 9.17) is 0 Å². The zero-order valence-electron chi connectivity index (χ0n) is 11.8. The molecule has 0 aliphatic carbocycles. The Bertz CT molecular complexity index is 703. The van der Waals surface area contributed by atoms with E-state index in [1.54, 1.807) is 6.08 Å². The van der Waals surface area contributed by atoms with Crippen molar-refractivity contribution in [1.82, 2.24) is 15.2 Å². The summed E-state index contributed by atoms with van der Waals surface area (Å²) >= 11 is 3.99. The number of anilines is 1. The molecule has 0 fully saturated rings. The maximum absolute atomic E-state index is 12.2. The van der Waals surface area contributed by atoms with Gasteiger partial charge < -0.3 is 5.32 Å². The molecule has 0 spiro atoms. The van der Waals surface area contributed by atoms with Crippen LogP contribution in [0.2, 0.25) is 0 Å². The Morgan fingerprint density at radius 1 is 1.64 bits per heavy atom. The summed E-state index contributed by atoms with van der Waals surface area (Å²) in [6.45, 7) is 6.06. The molecule has 0 radical (unpaired) electrons. The van der Waals surface area contributed by atoms with Crippen molar-refractivity contribution in [2.75, 3.05) is 17.6 Å². The van der Waals surface area contributed by atoms with Gasteiger partial charge in [-0.3, -0.25) is 4.79 Å². The molecular weight excluding hydrogens is 338 g/mol. The van der Waals surface area contributed by atoms with E-state index in [9.17, 15) is 10.1 Å². The van der Waals surface area contributed by atoms with Crippen LogP contribution in [0.25, 0.3) is 0 Å². The number of aromatic nitrogens is 3. The lowest BCUT2D eigenvalue weighted by Crippen LogP contribution is -2.13. The van der Waals surface area contributed by atoms with Crippen molar-refractivity contribution in [2.45, 2.75) is 17.2 Å². The van der Waals surface area contributed by atoms with Gasteiger partial charge in [-0.2, -0.15) is 5.26 Å². The molecule has 2 rings (SSSR count). The number of rotatable bonds is 8. The van der Waals surface area contributed by atoms with E-state index in [2.05, 4.69) is 27.1 Å². The predicted molar refractivity (Wildman–Crippen MR) is 89.5 cm³/mol. The standard InChI is InChI=1S/C13H13N5OS3/c1-3-4-15-12-17-18-13(22-12)21-7-10(19)9(5-14)11-16-8(2)6-20-11/h3,6,9H,1,4,7H2,2H3,(H,15,17)/t9-/m1/s1. The number of hydrogen-bond acceptors (Lipinski definition) is 9. The van der Waals surface area contributed by atoms with Gasteiger partial charge in [-0.1, -0.05) is 29.2 Å². The van der Waals surface area contributed by atoms with Crippen molar-refractivity contribution in [3.63, 3.8) is 0 Å². The smallest absolute Gasteiger partial charge is 0.206 e. The first-order valence-corrected chi connectivity index (χ1v) is 8.97. The average molecular weight is 351 g/mol. The number of nitrogens with zero attached hydrogens (tertiary/aromatic N) is 4. The number of thiazole rings is 1. The highest BCUT2D eigenvalue weighted by Gasteiger charge is 2.23. The summed E-state index contributed by atoms with van der Waals surface area (Å²) in [5.41, 5.74) is 0.822. The quantitative estimate of drug-likeness (QED) is 0.577. The van der Waals surface area contributed by atoms with E-state index < -0.39 is 5.92 Å². The summed E-state index contributed by atoms with van der Waals surface area (Å²) in [6, 6.07) is 2.03. The molecule has 2 aromatic rings. The largest absolute Gasteiger partial charge is 0.357 e. The number of carbonyl (C=O) groups excluding carboxylic acids is 1. The zero-order valence-corrected chi connectivity index (χ0v) is 14.2. The number of nitriles is 1. The summed E-state index contributed by atoms with van der Waals surface area (Å²) in [5.74, 6) is -0.803. The Morgan fingerprint density at radius 2 is 2.45 bits per heavy atom. The van der Waals surface area contributed by atoms with Crippen molar-refractivity contribution in [2.24, 2.45) is 0 Å². The van der Waals surface area contributed by atoms with Gasteiger partial charge >= 0.3 is 0 Å². The second-order valence-electron chi connectivity index (χ2n) is 4.19. The number of Topliss-reactive ketones (excluding diaryl/α,β-unsaturated/α-hetero) is 1. The van der Waals surface area contributed by atoms with Crippen LogP contribution in [-0.2, 0) is 4.79 Å². The molecule has 2 heterocycles. The molecule has 0 unspecified atom stereocenters. The van der Waals surface area contributed by atoms with E-state index in [0.717, 1.165) is 5.69 Å². The van der Waals surface area contributed by atoms with Crippen molar-refractivity contribution < 1.29 is 4.79 Å². The second kappa shape index (κ2) is 8.03. The molecule has 6 nitrogen and oxygen atoms in total. The van der Waals surface area contributed by atoms with Crippen molar-refractivity contribution in [3.05, 3.63) is 28.7 Å². The Labute approximate surface area is 140 Å². The molecule has 0 aliphatic rings.